The van der Waals surface area contributed by atoms with Crippen molar-refractivity contribution in [3.63, 3.8) is 0 Å². The molecule has 1 aromatic carbocycles. The maximum atomic E-state index is 13.9. The Labute approximate surface area is 124 Å². The highest BCUT2D eigenvalue weighted by atomic mass is 19.1. The zero-order valence-electron chi connectivity index (χ0n) is 12.3. The maximum Gasteiger partial charge on any atom is 0.254 e. The first kappa shape index (κ1) is 14.3. The van der Waals surface area contributed by atoms with Gasteiger partial charge in [-0.1, -0.05) is 0 Å². The van der Waals surface area contributed by atoms with E-state index in [9.17, 15) is 9.18 Å². The van der Waals surface area contributed by atoms with Gasteiger partial charge in [-0.25, -0.2) is 4.39 Å². The van der Waals surface area contributed by atoms with E-state index < -0.39 is 0 Å². The Morgan fingerprint density at radius 2 is 1.71 bits per heavy atom. The van der Waals surface area contributed by atoms with Crippen molar-refractivity contribution >= 4 is 11.6 Å². The molecule has 2 aliphatic heterocycles. The molecule has 0 bridgehead atoms. The van der Waals surface area contributed by atoms with E-state index in [1.54, 1.807) is 11.0 Å². The van der Waals surface area contributed by atoms with Crippen molar-refractivity contribution < 1.29 is 9.18 Å². The van der Waals surface area contributed by atoms with Crippen LogP contribution in [0.3, 0.4) is 0 Å². The standard InChI is InChI=1S/C16H22FN3O/c17-14-10-13(16(21)20-8-4-18-5-9-20)11-15(12-14)19-6-2-1-3-7-19/h10-12,18H,1-9H2. The molecule has 1 N–H and O–H groups in total. The molecule has 2 saturated heterocycles. The highest BCUT2D eigenvalue weighted by Crippen LogP contribution is 2.23. The summed E-state index contributed by atoms with van der Waals surface area (Å²) >= 11 is 0. The van der Waals surface area contributed by atoms with Gasteiger partial charge in [-0.15, -0.1) is 0 Å². The van der Waals surface area contributed by atoms with E-state index >= 15 is 0 Å². The molecule has 1 amide bonds. The Bertz CT molecular complexity index is 508. The van der Waals surface area contributed by atoms with Gasteiger partial charge in [-0.3, -0.25) is 4.79 Å². The number of halogens is 1. The Morgan fingerprint density at radius 1 is 1.00 bits per heavy atom. The van der Waals surface area contributed by atoms with Crippen LogP contribution in [0.1, 0.15) is 29.6 Å². The van der Waals surface area contributed by atoms with Crippen LogP contribution in [0, 0.1) is 5.82 Å². The second kappa shape index (κ2) is 6.43. The number of carbonyl (C=O) groups is 1. The smallest absolute Gasteiger partial charge is 0.254 e. The van der Waals surface area contributed by atoms with Crippen molar-refractivity contribution in [2.75, 3.05) is 44.2 Å². The third-order valence-corrected chi connectivity index (χ3v) is 4.25. The zero-order valence-corrected chi connectivity index (χ0v) is 12.3. The largest absolute Gasteiger partial charge is 0.371 e. The number of nitrogens with one attached hydrogen (secondary N) is 1. The average molecular weight is 291 g/mol. The third kappa shape index (κ3) is 3.35. The van der Waals surface area contributed by atoms with Crippen molar-refractivity contribution in [3.8, 4) is 0 Å². The molecule has 1 aromatic rings. The summed E-state index contributed by atoms with van der Waals surface area (Å²) in [6, 6.07) is 4.75. The van der Waals surface area contributed by atoms with Gasteiger partial charge in [-0.05, 0) is 37.5 Å². The van der Waals surface area contributed by atoms with Crippen molar-refractivity contribution in [1.29, 1.82) is 0 Å². The normalized spacial score (nSPS) is 19.7. The van der Waals surface area contributed by atoms with Crippen LogP contribution in [0.25, 0.3) is 0 Å². The second-order valence-corrected chi connectivity index (χ2v) is 5.79. The van der Waals surface area contributed by atoms with Crippen molar-refractivity contribution in [1.82, 2.24) is 10.2 Å². The van der Waals surface area contributed by atoms with Crippen LogP contribution in [0.15, 0.2) is 18.2 Å². The quantitative estimate of drug-likeness (QED) is 0.903. The molecule has 5 heteroatoms. The molecule has 2 fully saturated rings. The monoisotopic (exact) mass is 291 g/mol. The summed E-state index contributed by atoms with van der Waals surface area (Å²) in [5.41, 5.74) is 1.31. The van der Waals surface area contributed by atoms with E-state index in [4.69, 9.17) is 0 Å². The van der Waals surface area contributed by atoms with Crippen molar-refractivity contribution in [2.24, 2.45) is 0 Å². The topological polar surface area (TPSA) is 35.6 Å². The van der Waals surface area contributed by atoms with Crippen LogP contribution in [0.5, 0.6) is 0 Å². The van der Waals surface area contributed by atoms with Gasteiger partial charge in [0.15, 0.2) is 0 Å². The molecule has 0 spiro atoms. The lowest BCUT2D eigenvalue weighted by Gasteiger charge is -2.30. The number of hydrogen-bond acceptors (Lipinski definition) is 3. The van der Waals surface area contributed by atoms with Crippen LogP contribution in [0.2, 0.25) is 0 Å². The molecular formula is C16H22FN3O. The zero-order chi connectivity index (χ0) is 14.7. The van der Waals surface area contributed by atoms with E-state index in [1.165, 1.54) is 12.5 Å². The number of piperazine rings is 1. The first-order chi connectivity index (χ1) is 10.2. The average Bonchev–Trinajstić information content (AvgIpc) is 2.55. The summed E-state index contributed by atoms with van der Waals surface area (Å²) in [5.74, 6) is -0.384. The Balaban J connectivity index is 1.81. The second-order valence-electron chi connectivity index (χ2n) is 5.79. The van der Waals surface area contributed by atoms with Crippen LogP contribution >= 0.6 is 0 Å². The number of benzene rings is 1. The lowest BCUT2D eigenvalue weighted by atomic mass is 10.1. The van der Waals surface area contributed by atoms with Gasteiger partial charge >= 0.3 is 0 Å². The molecule has 4 nitrogen and oxygen atoms in total. The van der Waals surface area contributed by atoms with Crippen LogP contribution < -0.4 is 10.2 Å². The summed E-state index contributed by atoms with van der Waals surface area (Å²) in [6.45, 7) is 4.89. The number of rotatable bonds is 2. The van der Waals surface area contributed by atoms with Crippen LogP contribution in [-0.4, -0.2) is 50.1 Å². The lowest BCUT2D eigenvalue weighted by molar-refractivity contribution is 0.0735. The van der Waals surface area contributed by atoms with Gasteiger partial charge in [-0.2, -0.15) is 0 Å². The lowest BCUT2D eigenvalue weighted by Crippen LogP contribution is -2.46. The van der Waals surface area contributed by atoms with Crippen LogP contribution in [-0.2, 0) is 0 Å². The van der Waals surface area contributed by atoms with Gasteiger partial charge in [0.2, 0.25) is 0 Å². The summed E-state index contributed by atoms with van der Waals surface area (Å²) in [5, 5.41) is 3.22. The highest BCUT2D eigenvalue weighted by molar-refractivity contribution is 5.95. The molecule has 2 aliphatic rings. The molecular weight excluding hydrogens is 269 g/mol. The van der Waals surface area contributed by atoms with E-state index in [2.05, 4.69) is 10.2 Å². The van der Waals surface area contributed by atoms with Crippen molar-refractivity contribution in [3.05, 3.63) is 29.6 Å². The maximum absolute atomic E-state index is 13.9. The first-order valence-corrected chi connectivity index (χ1v) is 7.79. The van der Waals surface area contributed by atoms with Gasteiger partial charge < -0.3 is 15.1 Å². The number of carbonyl (C=O) groups excluding carboxylic acids is 1. The molecule has 114 valence electrons. The predicted octanol–water partition coefficient (Wildman–Crippen LogP) is 1.86. The highest BCUT2D eigenvalue weighted by Gasteiger charge is 2.20. The Hall–Kier alpha value is -1.62. The Morgan fingerprint density at radius 3 is 2.43 bits per heavy atom. The fraction of sp³-hybridized carbons (Fsp3) is 0.562. The summed E-state index contributed by atoms with van der Waals surface area (Å²) in [7, 11) is 0. The fourth-order valence-corrected chi connectivity index (χ4v) is 3.08. The van der Waals surface area contributed by atoms with E-state index in [1.807, 2.05) is 6.07 Å². The SMILES string of the molecule is O=C(c1cc(F)cc(N2CCCCC2)c1)N1CCNCC1. The number of nitrogens with zero attached hydrogens (tertiary/aromatic N) is 2. The number of anilines is 1. The minimum atomic E-state index is -0.323. The van der Waals surface area contributed by atoms with E-state index in [0.717, 1.165) is 44.7 Å². The minimum Gasteiger partial charge on any atom is -0.371 e. The van der Waals surface area contributed by atoms with Gasteiger partial charge in [0.25, 0.3) is 5.91 Å². The summed E-state index contributed by atoms with van der Waals surface area (Å²) in [6.07, 6.45) is 3.51. The van der Waals surface area contributed by atoms with E-state index in [0.29, 0.717) is 18.7 Å². The summed E-state index contributed by atoms with van der Waals surface area (Å²) in [4.78, 5) is 16.5. The fourth-order valence-electron chi connectivity index (χ4n) is 3.08. The summed E-state index contributed by atoms with van der Waals surface area (Å²) < 4.78 is 13.9. The van der Waals surface area contributed by atoms with Gasteiger partial charge in [0.1, 0.15) is 5.82 Å². The molecule has 0 atom stereocenters. The minimum absolute atomic E-state index is 0.0609. The molecule has 0 unspecified atom stereocenters. The predicted molar refractivity (Wildman–Crippen MR) is 81.2 cm³/mol. The molecule has 0 saturated carbocycles. The number of hydrogen-bond donors (Lipinski definition) is 1. The van der Waals surface area contributed by atoms with Gasteiger partial charge in [0.05, 0.1) is 0 Å². The molecule has 0 aromatic heterocycles. The third-order valence-electron chi connectivity index (χ3n) is 4.25. The first-order valence-electron chi connectivity index (χ1n) is 7.79. The number of piperidine rings is 1. The molecule has 2 heterocycles. The molecule has 3 rings (SSSR count). The van der Waals surface area contributed by atoms with Crippen molar-refractivity contribution in [2.45, 2.75) is 19.3 Å². The Kier molecular flexibility index (Phi) is 4.39. The molecule has 0 radical (unpaired) electrons. The van der Waals surface area contributed by atoms with Gasteiger partial charge in [0, 0.05) is 50.5 Å². The van der Waals surface area contributed by atoms with Crippen LogP contribution in [0.4, 0.5) is 10.1 Å². The molecule has 21 heavy (non-hydrogen) atoms. The van der Waals surface area contributed by atoms with E-state index in [-0.39, 0.29) is 11.7 Å². The molecule has 0 aliphatic carbocycles. The number of amides is 1.